The lowest BCUT2D eigenvalue weighted by molar-refractivity contribution is 0.484. The van der Waals surface area contributed by atoms with E-state index in [9.17, 15) is 0 Å². The van der Waals surface area contributed by atoms with Crippen LogP contribution in [0.5, 0.6) is 0 Å². The zero-order chi connectivity index (χ0) is 13.5. The van der Waals surface area contributed by atoms with Gasteiger partial charge in [-0.25, -0.2) is 4.98 Å². The fraction of sp³-hybridized carbons (Fsp3) is 0.692. The highest BCUT2D eigenvalue weighted by Crippen LogP contribution is 2.25. The van der Waals surface area contributed by atoms with Gasteiger partial charge in [-0.05, 0) is 28.8 Å². The second-order valence-corrected chi connectivity index (χ2v) is 5.19. The number of aromatic nitrogens is 2. The molecular formula is C13H23BrN4. The molecule has 0 saturated carbocycles. The third-order valence-corrected chi connectivity index (χ3v) is 3.82. The molecule has 4 nitrogen and oxygen atoms in total. The Morgan fingerprint density at radius 2 is 2.00 bits per heavy atom. The van der Waals surface area contributed by atoms with Gasteiger partial charge in [0.25, 0.3) is 0 Å². The molecule has 0 unspecified atom stereocenters. The fourth-order valence-electron chi connectivity index (χ4n) is 1.92. The minimum absolute atomic E-state index is 0.663. The molecule has 0 radical (unpaired) electrons. The summed E-state index contributed by atoms with van der Waals surface area (Å²) >= 11 is 3.54. The van der Waals surface area contributed by atoms with Gasteiger partial charge in [0.05, 0.1) is 4.47 Å². The van der Waals surface area contributed by atoms with Crippen LogP contribution in [0.3, 0.4) is 0 Å². The fourth-order valence-corrected chi connectivity index (χ4v) is 2.37. The molecule has 0 aromatic carbocycles. The Kier molecular flexibility index (Phi) is 6.39. The molecule has 0 bridgehead atoms. The van der Waals surface area contributed by atoms with E-state index in [-0.39, 0.29) is 0 Å². The van der Waals surface area contributed by atoms with Gasteiger partial charge in [0.1, 0.15) is 5.82 Å². The van der Waals surface area contributed by atoms with Crippen LogP contribution in [-0.2, 0) is 0 Å². The van der Waals surface area contributed by atoms with Gasteiger partial charge in [0, 0.05) is 26.3 Å². The van der Waals surface area contributed by atoms with Crippen LogP contribution in [-0.4, -0.2) is 30.1 Å². The van der Waals surface area contributed by atoms with Crippen molar-refractivity contribution in [2.24, 2.45) is 5.92 Å². The number of anilines is 2. The molecule has 0 saturated heterocycles. The molecule has 18 heavy (non-hydrogen) atoms. The van der Waals surface area contributed by atoms with Gasteiger partial charge in [-0.15, -0.1) is 0 Å². The maximum absolute atomic E-state index is 4.54. The van der Waals surface area contributed by atoms with Crippen molar-refractivity contribution in [1.82, 2.24) is 9.97 Å². The molecule has 0 aliphatic carbocycles. The van der Waals surface area contributed by atoms with Gasteiger partial charge < -0.3 is 10.2 Å². The summed E-state index contributed by atoms with van der Waals surface area (Å²) in [5.41, 5.74) is 0. The molecule has 0 fully saturated rings. The molecule has 0 aliphatic heterocycles. The predicted molar refractivity (Wildman–Crippen MR) is 81.2 cm³/mol. The zero-order valence-electron chi connectivity index (χ0n) is 11.7. The van der Waals surface area contributed by atoms with Crippen LogP contribution in [0.4, 0.5) is 11.8 Å². The molecular weight excluding hydrogens is 292 g/mol. The van der Waals surface area contributed by atoms with Crippen molar-refractivity contribution in [3.63, 3.8) is 0 Å². The van der Waals surface area contributed by atoms with Crippen LogP contribution in [0.25, 0.3) is 0 Å². The molecule has 1 heterocycles. The highest BCUT2D eigenvalue weighted by Gasteiger charge is 2.15. The van der Waals surface area contributed by atoms with Gasteiger partial charge in [0.15, 0.2) is 0 Å². The molecule has 0 amide bonds. The first-order valence-electron chi connectivity index (χ1n) is 6.61. The first-order chi connectivity index (χ1) is 8.65. The van der Waals surface area contributed by atoms with Crippen LogP contribution in [0, 0.1) is 5.92 Å². The summed E-state index contributed by atoms with van der Waals surface area (Å²) in [5.74, 6) is 2.35. The Bertz CT molecular complexity index is 366. The Morgan fingerprint density at radius 1 is 1.33 bits per heavy atom. The molecule has 0 atom stereocenters. The molecule has 1 aromatic heterocycles. The molecule has 0 aliphatic rings. The highest BCUT2D eigenvalue weighted by molar-refractivity contribution is 9.10. The van der Waals surface area contributed by atoms with Crippen LogP contribution in [0.15, 0.2) is 10.7 Å². The summed E-state index contributed by atoms with van der Waals surface area (Å²) in [4.78, 5) is 11.0. The number of halogens is 1. The summed E-state index contributed by atoms with van der Waals surface area (Å²) < 4.78 is 0.953. The van der Waals surface area contributed by atoms with Crippen molar-refractivity contribution in [2.75, 3.05) is 30.4 Å². The first kappa shape index (κ1) is 15.2. The van der Waals surface area contributed by atoms with Gasteiger partial charge in [-0.3, -0.25) is 0 Å². The van der Waals surface area contributed by atoms with E-state index in [2.05, 4.69) is 56.9 Å². The highest BCUT2D eigenvalue weighted by atomic mass is 79.9. The van der Waals surface area contributed by atoms with E-state index in [1.165, 1.54) is 12.8 Å². The Morgan fingerprint density at radius 3 is 2.50 bits per heavy atom. The summed E-state index contributed by atoms with van der Waals surface area (Å²) in [6, 6.07) is 0. The molecule has 0 spiro atoms. The van der Waals surface area contributed by atoms with Crippen molar-refractivity contribution in [1.29, 1.82) is 0 Å². The second kappa shape index (κ2) is 7.56. The van der Waals surface area contributed by atoms with E-state index in [1.807, 2.05) is 13.2 Å². The van der Waals surface area contributed by atoms with Crippen molar-refractivity contribution in [3.05, 3.63) is 10.7 Å². The van der Waals surface area contributed by atoms with E-state index in [0.29, 0.717) is 11.9 Å². The van der Waals surface area contributed by atoms with Crippen molar-refractivity contribution in [3.8, 4) is 0 Å². The van der Waals surface area contributed by atoms with Crippen LogP contribution in [0.1, 0.15) is 33.6 Å². The SMILES string of the molecule is CCC(CC)CN(CC)c1nc(NC)ncc1Br. The minimum Gasteiger partial charge on any atom is -0.357 e. The summed E-state index contributed by atoms with van der Waals surface area (Å²) in [6.45, 7) is 8.65. The summed E-state index contributed by atoms with van der Waals surface area (Å²) in [5, 5.41) is 2.99. The molecule has 5 heteroatoms. The maximum Gasteiger partial charge on any atom is 0.224 e. The molecule has 1 rings (SSSR count). The van der Waals surface area contributed by atoms with Gasteiger partial charge in [0.2, 0.25) is 5.95 Å². The number of rotatable bonds is 7. The van der Waals surface area contributed by atoms with Crippen molar-refractivity contribution < 1.29 is 0 Å². The quantitative estimate of drug-likeness (QED) is 0.835. The van der Waals surface area contributed by atoms with Crippen LogP contribution < -0.4 is 10.2 Å². The first-order valence-corrected chi connectivity index (χ1v) is 7.40. The molecule has 102 valence electrons. The predicted octanol–water partition coefficient (Wildman–Crippen LogP) is 3.54. The van der Waals surface area contributed by atoms with E-state index >= 15 is 0 Å². The Hall–Kier alpha value is -0.840. The van der Waals surface area contributed by atoms with Crippen LogP contribution in [0.2, 0.25) is 0 Å². The smallest absolute Gasteiger partial charge is 0.224 e. The Balaban J connectivity index is 2.93. The van der Waals surface area contributed by atoms with Gasteiger partial charge in [-0.1, -0.05) is 26.7 Å². The topological polar surface area (TPSA) is 41.1 Å². The lowest BCUT2D eigenvalue weighted by Gasteiger charge is -2.27. The summed E-state index contributed by atoms with van der Waals surface area (Å²) in [6.07, 6.45) is 4.22. The summed E-state index contributed by atoms with van der Waals surface area (Å²) in [7, 11) is 1.84. The maximum atomic E-state index is 4.54. The largest absolute Gasteiger partial charge is 0.357 e. The standard InChI is InChI=1S/C13H23BrN4/c1-5-10(6-2)9-18(7-3)12-11(14)8-16-13(15-4)17-12/h8,10H,5-7,9H2,1-4H3,(H,15,16,17). The number of hydrogen-bond acceptors (Lipinski definition) is 4. The average Bonchev–Trinajstić information content (AvgIpc) is 2.41. The number of nitrogens with one attached hydrogen (secondary N) is 1. The van der Waals surface area contributed by atoms with Gasteiger partial charge in [-0.2, -0.15) is 4.98 Å². The van der Waals surface area contributed by atoms with E-state index < -0.39 is 0 Å². The van der Waals surface area contributed by atoms with E-state index in [1.54, 1.807) is 0 Å². The normalized spacial score (nSPS) is 10.8. The van der Waals surface area contributed by atoms with Gasteiger partial charge >= 0.3 is 0 Å². The number of hydrogen-bond donors (Lipinski definition) is 1. The average molecular weight is 315 g/mol. The monoisotopic (exact) mass is 314 g/mol. The zero-order valence-corrected chi connectivity index (χ0v) is 13.3. The Labute approximate surface area is 118 Å². The third kappa shape index (κ3) is 3.83. The lowest BCUT2D eigenvalue weighted by atomic mass is 10.0. The molecule has 1 N–H and O–H groups in total. The lowest BCUT2D eigenvalue weighted by Crippen LogP contribution is -2.30. The minimum atomic E-state index is 0.663. The molecule has 1 aromatic rings. The second-order valence-electron chi connectivity index (χ2n) is 4.34. The van der Waals surface area contributed by atoms with E-state index in [4.69, 9.17) is 0 Å². The van der Waals surface area contributed by atoms with Crippen molar-refractivity contribution >= 4 is 27.7 Å². The van der Waals surface area contributed by atoms with E-state index in [0.717, 1.165) is 23.4 Å². The third-order valence-electron chi connectivity index (χ3n) is 3.26. The van der Waals surface area contributed by atoms with Crippen molar-refractivity contribution in [2.45, 2.75) is 33.6 Å². The van der Waals surface area contributed by atoms with Crippen LogP contribution >= 0.6 is 15.9 Å². The number of nitrogens with zero attached hydrogens (tertiary/aromatic N) is 3.